The molecule has 1 unspecified atom stereocenters. The molecule has 3 aromatic rings. The highest BCUT2D eigenvalue weighted by Gasteiger charge is 2.27. The monoisotopic (exact) mass is 523 g/mol. The van der Waals surface area contributed by atoms with Crippen LogP contribution in [0.15, 0.2) is 54.6 Å². The van der Waals surface area contributed by atoms with Crippen LogP contribution < -0.4 is 16.0 Å². The quantitative estimate of drug-likeness (QED) is 0.254. The summed E-state index contributed by atoms with van der Waals surface area (Å²) in [6.07, 6.45) is -1.67. The summed E-state index contributed by atoms with van der Waals surface area (Å²) in [6, 6.07) is 13.7. The van der Waals surface area contributed by atoms with E-state index < -0.39 is 48.7 Å². The van der Waals surface area contributed by atoms with Gasteiger partial charge in [-0.05, 0) is 22.1 Å². The number of carbonyl (C=O) groups excluding carboxylic acids is 4. The minimum atomic E-state index is -1.43. The third kappa shape index (κ3) is 7.68. The molecule has 198 valence electrons. The Hall–Kier alpha value is -5.14. The van der Waals surface area contributed by atoms with Gasteiger partial charge in [0.15, 0.2) is 11.6 Å². The Balaban J connectivity index is 1.73. The number of ether oxygens (including phenoxy) is 1. The summed E-state index contributed by atoms with van der Waals surface area (Å²) in [5, 5.41) is 27.6. The first-order valence-corrected chi connectivity index (χ1v) is 11.3. The Kier molecular flexibility index (Phi) is 9.57. The lowest BCUT2D eigenvalue weighted by Gasteiger charge is -2.16. The highest BCUT2D eigenvalue weighted by atomic mass is 16.5. The maximum atomic E-state index is 13.0. The molecule has 4 N–H and O–H groups in total. The molecule has 38 heavy (non-hydrogen) atoms. The van der Waals surface area contributed by atoms with Gasteiger partial charge in [-0.3, -0.25) is 19.2 Å². The molecule has 3 amide bonds. The largest absolute Gasteiger partial charge is 0.481 e. The van der Waals surface area contributed by atoms with Crippen LogP contribution in [0.2, 0.25) is 0 Å². The van der Waals surface area contributed by atoms with Crippen molar-refractivity contribution in [3.05, 3.63) is 65.7 Å². The summed E-state index contributed by atoms with van der Waals surface area (Å²) in [5.41, 5.74) is 1.12. The van der Waals surface area contributed by atoms with Crippen molar-refractivity contribution >= 4 is 29.7 Å². The van der Waals surface area contributed by atoms with Gasteiger partial charge in [0.1, 0.15) is 19.2 Å². The Bertz CT molecular complexity index is 1310. The number of aliphatic carboxylic acids is 1. The van der Waals surface area contributed by atoms with Gasteiger partial charge in [0.05, 0.1) is 18.5 Å². The zero-order valence-electron chi connectivity index (χ0n) is 20.3. The average molecular weight is 524 g/mol. The SMILES string of the molecule is CNC(=O)CNC(=O)c1ccccc1-c1nnnn1CC(=O)C(CC(=O)O)NC(=O)OCc1ccccc1. The number of likely N-dealkylation sites (N-methyl/N-ethyl adjacent to an activating group) is 1. The Labute approximate surface area is 216 Å². The highest BCUT2D eigenvalue weighted by molar-refractivity contribution is 6.01. The highest BCUT2D eigenvalue weighted by Crippen LogP contribution is 2.21. The average Bonchev–Trinajstić information content (AvgIpc) is 3.38. The summed E-state index contributed by atoms with van der Waals surface area (Å²) in [4.78, 5) is 60.8. The van der Waals surface area contributed by atoms with Crippen LogP contribution in [0.5, 0.6) is 0 Å². The Morgan fingerprint density at radius 3 is 2.45 bits per heavy atom. The molecule has 0 bridgehead atoms. The van der Waals surface area contributed by atoms with E-state index >= 15 is 0 Å². The predicted molar refractivity (Wildman–Crippen MR) is 130 cm³/mol. The maximum Gasteiger partial charge on any atom is 0.408 e. The second-order valence-corrected chi connectivity index (χ2v) is 7.88. The third-order valence-corrected chi connectivity index (χ3v) is 5.21. The smallest absolute Gasteiger partial charge is 0.408 e. The van der Waals surface area contributed by atoms with Crippen molar-refractivity contribution < 1.29 is 33.8 Å². The number of hydrogen-bond acceptors (Lipinski definition) is 9. The number of amides is 3. The number of hydrogen-bond donors (Lipinski definition) is 4. The van der Waals surface area contributed by atoms with Crippen molar-refractivity contribution in [3.8, 4) is 11.4 Å². The summed E-state index contributed by atoms with van der Waals surface area (Å²) in [5.74, 6) is -2.95. The number of nitrogens with zero attached hydrogens (tertiary/aromatic N) is 4. The molecule has 0 saturated carbocycles. The van der Waals surface area contributed by atoms with Crippen LogP contribution in [0.4, 0.5) is 4.79 Å². The molecule has 1 atom stereocenters. The topological polar surface area (TPSA) is 194 Å². The zero-order valence-corrected chi connectivity index (χ0v) is 20.3. The van der Waals surface area contributed by atoms with E-state index in [9.17, 15) is 29.1 Å². The molecule has 0 spiro atoms. The van der Waals surface area contributed by atoms with E-state index in [4.69, 9.17) is 4.74 Å². The number of rotatable bonds is 12. The normalized spacial score (nSPS) is 11.2. The van der Waals surface area contributed by atoms with Gasteiger partial charge >= 0.3 is 12.1 Å². The number of benzene rings is 2. The summed E-state index contributed by atoms with van der Waals surface area (Å²) < 4.78 is 6.18. The Morgan fingerprint density at radius 1 is 1.03 bits per heavy atom. The Morgan fingerprint density at radius 2 is 1.74 bits per heavy atom. The molecule has 0 saturated heterocycles. The van der Waals surface area contributed by atoms with Crippen molar-refractivity contribution in [2.45, 2.75) is 25.6 Å². The summed E-state index contributed by atoms with van der Waals surface area (Å²) >= 11 is 0. The van der Waals surface area contributed by atoms with Gasteiger partial charge < -0.3 is 25.8 Å². The first kappa shape index (κ1) is 27.4. The van der Waals surface area contributed by atoms with Crippen LogP contribution in [0.3, 0.4) is 0 Å². The van der Waals surface area contributed by atoms with E-state index in [-0.39, 0.29) is 30.1 Å². The molecule has 0 aliphatic rings. The lowest BCUT2D eigenvalue weighted by molar-refractivity contribution is -0.139. The molecule has 0 radical (unpaired) electrons. The molecule has 14 heteroatoms. The summed E-state index contributed by atoms with van der Waals surface area (Å²) in [7, 11) is 1.43. The second-order valence-electron chi connectivity index (χ2n) is 7.88. The molecule has 14 nitrogen and oxygen atoms in total. The number of alkyl carbamates (subject to hydrolysis) is 1. The number of aromatic nitrogens is 4. The first-order valence-electron chi connectivity index (χ1n) is 11.3. The molecule has 3 rings (SSSR count). The number of nitrogens with one attached hydrogen (secondary N) is 3. The number of ketones is 1. The van der Waals surface area contributed by atoms with E-state index in [0.29, 0.717) is 5.56 Å². The van der Waals surface area contributed by atoms with E-state index in [1.165, 1.54) is 13.1 Å². The molecule has 0 aliphatic heterocycles. The lowest BCUT2D eigenvalue weighted by atomic mass is 10.1. The lowest BCUT2D eigenvalue weighted by Crippen LogP contribution is -2.44. The van der Waals surface area contributed by atoms with Crippen molar-refractivity contribution in [1.29, 1.82) is 0 Å². The van der Waals surface area contributed by atoms with Gasteiger partial charge in [0.25, 0.3) is 5.91 Å². The van der Waals surface area contributed by atoms with Crippen molar-refractivity contribution in [2.75, 3.05) is 13.6 Å². The van der Waals surface area contributed by atoms with Crippen LogP contribution in [0, 0.1) is 0 Å². The molecule has 0 aliphatic carbocycles. The van der Waals surface area contributed by atoms with Gasteiger partial charge in [-0.1, -0.05) is 48.5 Å². The number of carboxylic acid groups (broad SMARTS) is 1. The van der Waals surface area contributed by atoms with Gasteiger partial charge in [0, 0.05) is 12.6 Å². The minimum Gasteiger partial charge on any atom is -0.481 e. The molecule has 2 aromatic carbocycles. The van der Waals surface area contributed by atoms with Crippen LogP contribution in [-0.2, 0) is 32.3 Å². The summed E-state index contributed by atoms with van der Waals surface area (Å²) in [6.45, 7) is -0.833. The van der Waals surface area contributed by atoms with E-state index in [1.807, 2.05) is 0 Å². The molecule has 0 fully saturated rings. The number of Topliss-reactive ketones (excluding diaryl/α,β-unsaturated/α-hetero) is 1. The van der Waals surface area contributed by atoms with Crippen molar-refractivity contribution in [2.24, 2.45) is 0 Å². The fraction of sp³-hybridized carbons (Fsp3) is 0.250. The molecular weight excluding hydrogens is 498 g/mol. The number of tetrazole rings is 1. The fourth-order valence-electron chi connectivity index (χ4n) is 3.31. The minimum absolute atomic E-state index is 0.0461. The van der Waals surface area contributed by atoms with E-state index in [0.717, 1.165) is 4.68 Å². The van der Waals surface area contributed by atoms with Crippen LogP contribution in [0.1, 0.15) is 22.3 Å². The van der Waals surface area contributed by atoms with Gasteiger partial charge in [0.2, 0.25) is 5.91 Å². The van der Waals surface area contributed by atoms with Gasteiger partial charge in [-0.25, -0.2) is 9.48 Å². The number of carboxylic acids is 1. The van der Waals surface area contributed by atoms with Crippen LogP contribution in [-0.4, -0.2) is 74.6 Å². The second kappa shape index (κ2) is 13.2. The zero-order chi connectivity index (χ0) is 27.5. The first-order chi connectivity index (χ1) is 18.3. The molecular formula is C24H25N7O7. The third-order valence-electron chi connectivity index (χ3n) is 5.21. The van der Waals surface area contributed by atoms with Crippen molar-refractivity contribution in [1.82, 2.24) is 36.2 Å². The van der Waals surface area contributed by atoms with Crippen molar-refractivity contribution in [3.63, 3.8) is 0 Å². The van der Waals surface area contributed by atoms with Gasteiger partial charge in [-0.15, -0.1) is 5.10 Å². The molecule has 1 aromatic heterocycles. The predicted octanol–water partition coefficient (Wildman–Crippen LogP) is 0.155. The van der Waals surface area contributed by atoms with E-state index in [1.54, 1.807) is 48.5 Å². The van der Waals surface area contributed by atoms with Crippen LogP contribution in [0.25, 0.3) is 11.4 Å². The van der Waals surface area contributed by atoms with Crippen LogP contribution >= 0.6 is 0 Å². The molecule has 1 heterocycles. The standard InChI is InChI=1S/C24H25N7O7/c1-25-20(33)12-26-23(36)17-10-6-5-9-16(17)22-28-29-30-31(22)13-19(32)18(11-21(34)35)27-24(37)38-14-15-7-3-2-4-8-15/h2-10,18H,11-14H2,1H3,(H,25,33)(H,26,36)(H,27,37)(H,34,35). The fourth-order valence-corrected chi connectivity index (χ4v) is 3.31. The maximum absolute atomic E-state index is 13.0. The van der Waals surface area contributed by atoms with Gasteiger partial charge in [-0.2, -0.15) is 0 Å². The van der Waals surface area contributed by atoms with E-state index in [2.05, 4.69) is 31.5 Å². The number of carbonyl (C=O) groups is 5.